The first-order chi connectivity index (χ1) is 13.1. The Morgan fingerprint density at radius 3 is 2.00 bits per heavy atom. The molecule has 2 rings (SSSR count). The monoisotopic (exact) mass is 404 g/mol. The number of rotatable bonds is 8. The first-order valence-corrected chi connectivity index (χ1v) is 11.0. The Balaban J connectivity index is 2.12. The van der Waals surface area contributed by atoms with Gasteiger partial charge in [-0.2, -0.15) is 0 Å². The molecule has 0 radical (unpaired) electrons. The van der Waals surface area contributed by atoms with Crippen molar-refractivity contribution in [1.82, 2.24) is 5.32 Å². The van der Waals surface area contributed by atoms with Crippen molar-refractivity contribution >= 4 is 21.6 Å². The molecule has 0 aliphatic heterocycles. The van der Waals surface area contributed by atoms with Crippen LogP contribution in [-0.4, -0.2) is 34.2 Å². The van der Waals surface area contributed by atoms with Crippen LogP contribution in [0, 0.1) is 0 Å². The number of hydrogen-bond acceptors (Lipinski definition) is 4. The number of benzene rings is 2. The molecule has 0 bridgehead atoms. The summed E-state index contributed by atoms with van der Waals surface area (Å²) in [6.07, 6.45) is 1.10. The molecule has 1 atom stereocenters. The molecule has 28 heavy (non-hydrogen) atoms. The molecule has 152 valence electrons. The minimum Gasteiger partial charge on any atom is -0.497 e. The van der Waals surface area contributed by atoms with Gasteiger partial charge in [-0.1, -0.05) is 38.1 Å². The number of carbonyl (C=O) groups is 1. The lowest BCUT2D eigenvalue weighted by Crippen LogP contribution is -2.41. The highest BCUT2D eigenvalue weighted by Crippen LogP contribution is 2.22. The van der Waals surface area contributed by atoms with Crippen LogP contribution in [0.15, 0.2) is 48.5 Å². The standard InChI is InChI=1S/C21H28N2O4S/c1-15(2)17-6-10-19(11-7-17)23(28(5,25)26)14-21(24)22-16(3)18-8-12-20(27-4)13-9-18/h6-13,15-16H,14H2,1-5H3,(H,22,24)/t16-/m0/s1. The molecule has 0 unspecified atom stereocenters. The first kappa shape index (κ1) is 21.8. The van der Waals surface area contributed by atoms with Crippen LogP contribution in [0.5, 0.6) is 5.75 Å². The third-order valence-corrected chi connectivity index (χ3v) is 5.67. The summed E-state index contributed by atoms with van der Waals surface area (Å²) in [5.41, 5.74) is 2.48. The van der Waals surface area contributed by atoms with Crippen molar-refractivity contribution < 1.29 is 17.9 Å². The second-order valence-electron chi connectivity index (χ2n) is 7.08. The zero-order valence-corrected chi connectivity index (χ0v) is 17.8. The number of carbonyl (C=O) groups excluding carboxylic acids is 1. The van der Waals surface area contributed by atoms with Gasteiger partial charge in [-0.15, -0.1) is 0 Å². The molecule has 0 saturated carbocycles. The Morgan fingerprint density at radius 1 is 1.00 bits per heavy atom. The van der Waals surface area contributed by atoms with Gasteiger partial charge in [-0.3, -0.25) is 9.10 Å². The molecule has 0 saturated heterocycles. The summed E-state index contributed by atoms with van der Waals surface area (Å²) < 4.78 is 30.7. The summed E-state index contributed by atoms with van der Waals surface area (Å²) in [6, 6.07) is 14.3. The molecule has 0 fully saturated rings. The van der Waals surface area contributed by atoms with Crippen LogP contribution in [0.4, 0.5) is 5.69 Å². The van der Waals surface area contributed by atoms with Gasteiger partial charge in [0.1, 0.15) is 12.3 Å². The number of ether oxygens (including phenoxy) is 1. The Bertz CT molecular complexity index is 891. The van der Waals surface area contributed by atoms with E-state index in [-0.39, 0.29) is 18.5 Å². The lowest BCUT2D eigenvalue weighted by atomic mass is 10.0. The van der Waals surface area contributed by atoms with Crippen LogP contribution in [0.2, 0.25) is 0 Å². The molecule has 0 spiro atoms. The van der Waals surface area contributed by atoms with E-state index in [0.29, 0.717) is 11.6 Å². The van der Waals surface area contributed by atoms with Gasteiger partial charge in [0.25, 0.3) is 0 Å². The lowest BCUT2D eigenvalue weighted by Gasteiger charge is -2.23. The molecule has 0 heterocycles. The summed E-state index contributed by atoms with van der Waals surface area (Å²) in [5, 5.41) is 2.85. The summed E-state index contributed by atoms with van der Waals surface area (Å²) in [5.74, 6) is 0.700. The predicted molar refractivity (Wildman–Crippen MR) is 112 cm³/mol. The van der Waals surface area contributed by atoms with Crippen molar-refractivity contribution in [3.8, 4) is 5.75 Å². The molecule has 6 nitrogen and oxygen atoms in total. The average Bonchev–Trinajstić information content (AvgIpc) is 2.65. The highest BCUT2D eigenvalue weighted by atomic mass is 32.2. The van der Waals surface area contributed by atoms with E-state index < -0.39 is 10.0 Å². The largest absolute Gasteiger partial charge is 0.497 e. The number of anilines is 1. The van der Waals surface area contributed by atoms with Crippen LogP contribution in [0.1, 0.15) is 43.9 Å². The first-order valence-electron chi connectivity index (χ1n) is 9.12. The summed E-state index contributed by atoms with van der Waals surface area (Å²) in [6.45, 7) is 5.71. The van der Waals surface area contributed by atoms with E-state index in [2.05, 4.69) is 19.2 Å². The Labute approximate surface area is 167 Å². The van der Waals surface area contributed by atoms with E-state index >= 15 is 0 Å². The Morgan fingerprint density at radius 2 is 1.54 bits per heavy atom. The van der Waals surface area contributed by atoms with Gasteiger partial charge in [0, 0.05) is 0 Å². The van der Waals surface area contributed by atoms with Gasteiger partial charge >= 0.3 is 0 Å². The third-order valence-electron chi connectivity index (χ3n) is 4.53. The second-order valence-corrected chi connectivity index (χ2v) is 8.99. The minimum absolute atomic E-state index is 0.261. The smallest absolute Gasteiger partial charge is 0.241 e. The molecule has 0 aliphatic carbocycles. The maximum atomic E-state index is 12.5. The van der Waals surface area contributed by atoms with E-state index in [1.54, 1.807) is 19.2 Å². The van der Waals surface area contributed by atoms with Crippen molar-refractivity contribution in [2.45, 2.75) is 32.7 Å². The highest BCUT2D eigenvalue weighted by Gasteiger charge is 2.22. The van der Waals surface area contributed by atoms with Gasteiger partial charge in [0.15, 0.2) is 0 Å². The van der Waals surface area contributed by atoms with Crippen molar-refractivity contribution in [2.24, 2.45) is 0 Å². The zero-order chi connectivity index (χ0) is 20.9. The second kappa shape index (κ2) is 9.10. The number of nitrogens with zero attached hydrogens (tertiary/aromatic N) is 1. The van der Waals surface area contributed by atoms with E-state index in [9.17, 15) is 13.2 Å². The molecule has 2 aromatic carbocycles. The maximum absolute atomic E-state index is 12.5. The fourth-order valence-electron chi connectivity index (χ4n) is 2.82. The van der Waals surface area contributed by atoms with Crippen molar-refractivity contribution in [3.63, 3.8) is 0 Å². The van der Waals surface area contributed by atoms with Gasteiger partial charge in [0.2, 0.25) is 15.9 Å². The van der Waals surface area contributed by atoms with Crippen LogP contribution < -0.4 is 14.4 Å². The van der Waals surface area contributed by atoms with Crippen molar-refractivity contribution in [3.05, 3.63) is 59.7 Å². The van der Waals surface area contributed by atoms with Crippen molar-refractivity contribution in [2.75, 3.05) is 24.2 Å². The molecule has 1 N–H and O–H groups in total. The highest BCUT2D eigenvalue weighted by molar-refractivity contribution is 7.92. The van der Waals surface area contributed by atoms with Crippen molar-refractivity contribution in [1.29, 1.82) is 0 Å². The summed E-state index contributed by atoms with van der Waals surface area (Å²) in [4.78, 5) is 12.5. The SMILES string of the molecule is COc1ccc([C@H](C)NC(=O)CN(c2ccc(C(C)C)cc2)S(C)(=O)=O)cc1. The predicted octanol–water partition coefficient (Wildman–Crippen LogP) is 3.46. The molecular formula is C21H28N2O4S. The zero-order valence-electron chi connectivity index (χ0n) is 17.0. The molecule has 0 aliphatic rings. The fourth-order valence-corrected chi connectivity index (χ4v) is 3.68. The maximum Gasteiger partial charge on any atom is 0.241 e. The molecule has 0 aromatic heterocycles. The van der Waals surface area contributed by atoms with Gasteiger partial charge in [-0.05, 0) is 48.2 Å². The van der Waals surface area contributed by atoms with E-state index in [0.717, 1.165) is 27.4 Å². The topological polar surface area (TPSA) is 75.7 Å². The van der Waals surface area contributed by atoms with Gasteiger partial charge in [-0.25, -0.2) is 8.42 Å². The average molecular weight is 405 g/mol. The lowest BCUT2D eigenvalue weighted by molar-refractivity contribution is -0.120. The third kappa shape index (κ3) is 5.73. The molecule has 2 aromatic rings. The van der Waals surface area contributed by atoms with E-state index in [4.69, 9.17) is 4.74 Å². The Kier molecular flexibility index (Phi) is 7.07. The Hall–Kier alpha value is -2.54. The van der Waals surface area contributed by atoms with Crippen LogP contribution in [0.3, 0.4) is 0 Å². The number of sulfonamides is 1. The summed E-state index contributed by atoms with van der Waals surface area (Å²) in [7, 11) is -2.01. The van der Waals surface area contributed by atoms with E-state index in [1.807, 2.05) is 43.3 Å². The molecule has 7 heteroatoms. The molecule has 1 amide bonds. The summed E-state index contributed by atoms with van der Waals surface area (Å²) >= 11 is 0. The number of hydrogen-bond donors (Lipinski definition) is 1. The van der Waals surface area contributed by atoms with Crippen LogP contribution in [0.25, 0.3) is 0 Å². The molecular weight excluding hydrogens is 376 g/mol. The number of methoxy groups -OCH3 is 1. The van der Waals surface area contributed by atoms with Crippen LogP contribution in [-0.2, 0) is 14.8 Å². The minimum atomic E-state index is -3.60. The van der Waals surface area contributed by atoms with Crippen LogP contribution >= 0.6 is 0 Å². The van der Waals surface area contributed by atoms with E-state index in [1.165, 1.54) is 0 Å². The normalized spacial score (nSPS) is 12.5. The van der Waals surface area contributed by atoms with Gasteiger partial charge in [0.05, 0.1) is 25.1 Å². The number of nitrogens with one attached hydrogen (secondary N) is 1. The van der Waals surface area contributed by atoms with Gasteiger partial charge < -0.3 is 10.1 Å². The quantitative estimate of drug-likeness (QED) is 0.731. The number of amides is 1. The fraction of sp³-hybridized carbons (Fsp3) is 0.381.